The SMILES string of the molecule is CCc1ccc(CNC)cc1S(=O)(=O)N(C)C1CC1. The number of nitrogens with zero attached hydrogens (tertiary/aromatic N) is 1. The van der Waals surface area contributed by atoms with Crippen LogP contribution in [0.4, 0.5) is 0 Å². The zero-order valence-corrected chi connectivity index (χ0v) is 12.6. The van der Waals surface area contributed by atoms with E-state index in [-0.39, 0.29) is 6.04 Å². The predicted octanol–water partition coefficient (Wildman–Crippen LogP) is 1.75. The summed E-state index contributed by atoms with van der Waals surface area (Å²) in [5, 5.41) is 3.06. The van der Waals surface area contributed by atoms with Gasteiger partial charge in [0, 0.05) is 19.6 Å². The minimum absolute atomic E-state index is 0.197. The molecule has 0 atom stereocenters. The van der Waals surface area contributed by atoms with Gasteiger partial charge >= 0.3 is 0 Å². The van der Waals surface area contributed by atoms with Gasteiger partial charge in [0.15, 0.2) is 0 Å². The summed E-state index contributed by atoms with van der Waals surface area (Å²) >= 11 is 0. The monoisotopic (exact) mass is 282 g/mol. The van der Waals surface area contributed by atoms with Crippen molar-refractivity contribution in [2.24, 2.45) is 0 Å². The summed E-state index contributed by atoms with van der Waals surface area (Å²) in [6.07, 6.45) is 2.69. The summed E-state index contributed by atoms with van der Waals surface area (Å²) in [7, 11) is 0.197. The van der Waals surface area contributed by atoms with E-state index in [0.29, 0.717) is 11.4 Å². The molecule has 0 spiro atoms. The van der Waals surface area contributed by atoms with Crippen molar-refractivity contribution in [3.05, 3.63) is 29.3 Å². The van der Waals surface area contributed by atoms with Gasteiger partial charge in [-0.1, -0.05) is 19.1 Å². The van der Waals surface area contributed by atoms with E-state index in [0.717, 1.165) is 30.4 Å². The van der Waals surface area contributed by atoms with Gasteiger partial charge in [-0.25, -0.2) is 8.42 Å². The molecule has 4 nitrogen and oxygen atoms in total. The average Bonchev–Trinajstić information content (AvgIpc) is 3.22. The number of rotatable bonds is 6. The summed E-state index contributed by atoms with van der Waals surface area (Å²) in [6.45, 7) is 2.67. The molecule has 1 aromatic carbocycles. The van der Waals surface area contributed by atoms with Crippen LogP contribution in [0.15, 0.2) is 23.1 Å². The van der Waals surface area contributed by atoms with Crippen molar-refractivity contribution in [2.75, 3.05) is 14.1 Å². The van der Waals surface area contributed by atoms with E-state index in [9.17, 15) is 8.42 Å². The molecule has 106 valence electrons. The Kier molecular flexibility index (Phi) is 4.28. The van der Waals surface area contributed by atoms with Crippen LogP contribution in [0.3, 0.4) is 0 Å². The first kappa shape index (κ1) is 14.5. The Balaban J connectivity index is 2.43. The predicted molar refractivity (Wildman–Crippen MR) is 76.6 cm³/mol. The maximum Gasteiger partial charge on any atom is 0.243 e. The highest BCUT2D eigenvalue weighted by atomic mass is 32.2. The van der Waals surface area contributed by atoms with Crippen LogP contribution < -0.4 is 5.32 Å². The summed E-state index contributed by atoms with van der Waals surface area (Å²) in [5.41, 5.74) is 1.90. The minimum Gasteiger partial charge on any atom is -0.316 e. The van der Waals surface area contributed by atoms with Crippen molar-refractivity contribution in [3.8, 4) is 0 Å². The molecular weight excluding hydrogens is 260 g/mol. The van der Waals surface area contributed by atoms with Crippen LogP contribution in [-0.4, -0.2) is 32.9 Å². The fraction of sp³-hybridized carbons (Fsp3) is 0.571. The summed E-state index contributed by atoms with van der Waals surface area (Å²) in [4.78, 5) is 0.470. The maximum atomic E-state index is 12.7. The second-order valence-corrected chi connectivity index (χ2v) is 7.04. The Hall–Kier alpha value is -0.910. The van der Waals surface area contributed by atoms with E-state index in [1.807, 2.05) is 32.2 Å². The van der Waals surface area contributed by atoms with Crippen molar-refractivity contribution in [1.82, 2.24) is 9.62 Å². The van der Waals surface area contributed by atoms with E-state index >= 15 is 0 Å². The maximum absolute atomic E-state index is 12.7. The van der Waals surface area contributed by atoms with Gasteiger partial charge in [-0.2, -0.15) is 4.31 Å². The van der Waals surface area contributed by atoms with Crippen LogP contribution in [0.1, 0.15) is 30.9 Å². The third-order valence-electron chi connectivity index (χ3n) is 3.61. The fourth-order valence-corrected chi connectivity index (χ4v) is 3.99. The molecule has 0 heterocycles. The minimum atomic E-state index is -3.35. The largest absolute Gasteiger partial charge is 0.316 e. The topological polar surface area (TPSA) is 49.4 Å². The normalized spacial score (nSPS) is 16.0. The second kappa shape index (κ2) is 5.61. The molecule has 1 N–H and O–H groups in total. The third kappa shape index (κ3) is 2.99. The van der Waals surface area contributed by atoms with Crippen LogP contribution in [0.5, 0.6) is 0 Å². The Morgan fingerprint density at radius 3 is 2.58 bits per heavy atom. The van der Waals surface area contributed by atoms with Gasteiger partial charge in [0.05, 0.1) is 4.90 Å². The highest BCUT2D eigenvalue weighted by molar-refractivity contribution is 7.89. The van der Waals surface area contributed by atoms with E-state index in [4.69, 9.17) is 0 Å². The van der Waals surface area contributed by atoms with Gasteiger partial charge in [0.2, 0.25) is 10.0 Å². The molecule has 0 amide bonds. The Labute approximate surface area is 115 Å². The quantitative estimate of drug-likeness (QED) is 0.865. The molecule has 2 rings (SSSR count). The molecule has 0 radical (unpaired) electrons. The smallest absolute Gasteiger partial charge is 0.243 e. The first-order valence-electron chi connectivity index (χ1n) is 6.75. The molecule has 0 unspecified atom stereocenters. The molecule has 5 heteroatoms. The van der Waals surface area contributed by atoms with Gasteiger partial charge in [-0.15, -0.1) is 0 Å². The number of nitrogens with one attached hydrogen (secondary N) is 1. The molecule has 0 aliphatic heterocycles. The van der Waals surface area contributed by atoms with E-state index in [1.54, 1.807) is 7.05 Å². The first-order valence-corrected chi connectivity index (χ1v) is 8.19. The molecule has 0 bridgehead atoms. The summed E-state index contributed by atoms with van der Waals surface area (Å²) in [6, 6.07) is 5.93. The lowest BCUT2D eigenvalue weighted by molar-refractivity contribution is 0.463. The fourth-order valence-electron chi connectivity index (χ4n) is 2.23. The first-order chi connectivity index (χ1) is 9.00. The van der Waals surface area contributed by atoms with Crippen LogP contribution in [0.25, 0.3) is 0 Å². The van der Waals surface area contributed by atoms with Gasteiger partial charge < -0.3 is 5.32 Å². The Morgan fingerprint density at radius 1 is 1.37 bits per heavy atom. The molecule has 0 aromatic heterocycles. The van der Waals surface area contributed by atoms with Crippen molar-refractivity contribution in [1.29, 1.82) is 0 Å². The second-order valence-electron chi connectivity index (χ2n) is 5.08. The number of sulfonamides is 1. The summed E-state index contributed by atoms with van der Waals surface area (Å²) in [5.74, 6) is 0. The van der Waals surface area contributed by atoms with Gasteiger partial charge in [0.25, 0.3) is 0 Å². The van der Waals surface area contributed by atoms with Crippen molar-refractivity contribution in [2.45, 2.75) is 43.7 Å². The van der Waals surface area contributed by atoms with Gasteiger partial charge in [-0.3, -0.25) is 0 Å². The number of hydrogen-bond donors (Lipinski definition) is 1. The molecule has 1 fully saturated rings. The number of hydrogen-bond acceptors (Lipinski definition) is 3. The molecule has 0 saturated heterocycles. The highest BCUT2D eigenvalue weighted by Crippen LogP contribution is 2.32. The summed E-state index contributed by atoms with van der Waals surface area (Å²) < 4.78 is 26.8. The van der Waals surface area contributed by atoms with Crippen LogP contribution in [0.2, 0.25) is 0 Å². The average molecular weight is 282 g/mol. The molecule has 1 aliphatic rings. The zero-order valence-electron chi connectivity index (χ0n) is 11.8. The lowest BCUT2D eigenvalue weighted by Crippen LogP contribution is -2.29. The zero-order chi connectivity index (χ0) is 14.0. The molecule has 1 saturated carbocycles. The lowest BCUT2D eigenvalue weighted by Gasteiger charge is -2.19. The Bertz CT molecular complexity index is 551. The van der Waals surface area contributed by atoms with Crippen LogP contribution in [-0.2, 0) is 23.0 Å². The van der Waals surface area contributed by atoms with E-state index in [1.165, 1.54) is 4.31 Å². The van der Waals surface area contributed by atoms with Crippen molar-refractivity contribution >= 4 is 10.0 Å². The van der Waals surface area contributed by atoms with E-state index in [2.05, 4.69) is 5.32 Å². The number of benzene rings is 1. The van der Waals surface area contributed by atoms with Crippen LogP contribution in [0, 0.1) is 0 Å². The molecule has 19 heavy (non-hydrogen) atoms. The highest BCUT2D eigenvalue weighted by Gasteiger charge is 2.35. The number of aryl methyl sites for hydroxylation is 1. The van der Waals surface area contributed by atoms with Gasteiger partial charge in [0.1, 0.15) is 0 Å². The third-order valence-corrected chi connectivity index (χ3v) is 5.60. The van der Waals surface area contributed by atoms with Crippen molar-refractivity contribution in [3.63, 3.8) is 0 Å². The molecule has 1 aliphatic carbocycles. The van der Waals surface area contributed by atoms with Gasteiger partial charge in [-0.05, 0) is 43.5 Å². The lowest BCUT2D eigenvalue weighted by atomic mass is 10.1. The Morgan fingerprint density at radius 2 is 2.05 bits per heavy atom. The van der Waals surface area contributed by atoms with Crippen LogP contribution >= 0.6 is 0 Å². The van der Waals surface area contributed by atoms with Crippen molar-refractivity contribution < 1.29 is 8.42 Å². The standard InChI is InChI=1S/C14H22N2O2S/c1-4-12-6-5-11(10-15-2)9-14(12)19(17,18)16(3)13-7-8-13/h5-6,9,13,15H,4,7-8,10H2,1-3H3. The molecule has 1 aromatic rings. The molecular formula is C14H22N2O2S. The van der Waals surface area contributed by atoms with E-state index < -0.39 is 10.0 Å².